The van der Waals surface area contributed by atoms with Crippen molar-refractivity contribution in [1.82, 2.24) is 4.98 Å². The first-order chi connectivity index (χ1) is 15.1. The van der Waals surface area contributed by atoms with Crippen LogP contribution in [0.5, 0.6) is 0 Å². The van der Waals surface area contributed by atoms with E-state index in [2.05, 4.69) is 4.98 Å². The summed E-state index contributed by atoms with van der Waals surface area (Å²) in [5.41, 5.74) is 1.01. The third kappa shape index (κ3) is 4.33. The van der Waals surface area contributed by atoms with E-state index in [1.165, 1.54) is 48.5 Å². The Kier molecular flexibility index (Phi) is 5.93. The standard InChI is InChI=1S/C22H15ClFNO4S3/c1-31(26,27)19-8-3-2-7-18(19)21-20(14-9-11-16(24)12-10-14)25-22(30-21)32(28,29)17-6-4-5-15(23)13-17/h2-13H,1H3. The molecule has 0 saturated heterocycles. The second-order valence-corrected chi connectivity index (χ2v) is 12.4. The number of hydrogen-bond donors (Lipinski definition) is 0. The Labute approximate surface area is 194 Å². The summed E-state index contributed by atoms with van der Waals surface area (Å²) in [6.07, 6.45) is 1.08. The topological polar surface area (TPSA) is 81.2 Å². The molecular weight excluding hydrogens is 493 g/mol. The highest BCUT2D eigenvalue weighted by atomic mass is 35.5. The molecule has 4 aromatic rings. The van der Waals surface area contributed by atoms with Crippen LogP contribution in [0, 0.1) is 5.82 Å². The summed E-state index contributed by atoms with van der Waals surface area (Å²) in [4.78, 5) is 4.71. The quantitative estimate of drug-likeness (QED) is 0.356. The second-order valence-electron chi connectivity index (χ2n) is 6.89. The molecule has 0 bridgehead atoms. The van der Waals surface area contributed by atoms with Crippen LogP contribution in [0.4, 0.5) is 4.39 Å². The van der Waals surface area contributed by atoms with Gasteiger partial charge in [-0.3, -0.25) is 0 Å². The second kappa shape index (κ2) is 8.40. The van der Waals surface area contributed by atoms with E-state index in [4.69, 9.17) is 11.6 Å². The van der Waals surface area contributed by atoms with Gasteiger partial charge in [-0.1, -0.05) is 35.9 Å². The van der Waals surface area contributed by atoms with E-state index in [1.54, 1.807) is 24.3 Å². The molecule has 5 nitrogen and oxygen atoms in total. The number of rotatable bonds is 5. The number of aromatic nitrogens is 1. The first kappa shape index (κ1) is 22.6. The first-order valence-corrected chi connectivity index (χ1v) is 13.7. The van der Waals surface area contributed by atoms with Gasteiger partial charge in [-0.2, -0.15) is 0 Å². The third-order valence-electron chi connectivity index (χ3n) is 4.59. The summed E-state index contributed by atoms with van der Waals surface area (Å²) < 4.78 is 64.6. The molecular formula is C22H15ClFNO4S3. The van der Waals surface area contributed by atoms with Gasteiger partial charge in [0.15, 0.2) is 9.84 Å². The van der Waals surface area contributed by atoms with Crippen molar-refractivity contribution in [1.29, 1.82) is 0 Å². The van der Waals surface area contributed by atoms with E-state index in [0.29, 0.717) is 16.0 Å². The molecule has 3 aromatic carbocycles. The van der Waals surface area contributed by atoms with Crippen molar-refractivity contribution in [3.8, 4) is 21.7 Å². The Bertz CT molecular complexity index is 1530. The molecule has 0 fully saturated rings. The summed E-state index contributed by atoms with van der Waals surface area (Å²) in [5.74, 6) is -0.464. The zero-order valence-corrected chi connectivity index (χ0v) is 19.7. The minimum Gasteiger partial charge on any atom is -0.224 e. The van der Waals surface area contributed by atoms with Gasteiger partial charge in [0.2, 0.25) is 14.2 Å². The van der Waals surface area contributed by atoms with Crippen LogP contribution in [0.2, 0.25) is 5.02 Å². The van der Waals surface area contributed by atoms with E-state index < -0.39 is 25.5 Å². The molecule has 1 heterocycles. The van der Waals surface area contributed by atoms with Crippen LogP contribution in [-0.2, 0) is 19.7 Å². The molecule has 0 aliphatic carbocycles. The van der Waals surface area contributed by atoms with Crippen molar-refractivity contribution in [2.75, 3.05) is 6.26 Å². The zero-order chi connectivity index (χ0) is 23.1. The highest BCUT2D eigenvalue weighted by Gasteiger charge is 2.28. The van der Waals surface area contributed by atoms with Gasteiger partial charge in [-0.05, 0) is 48.5 Å². The molecule has 0 radical (unpaired) electrons. The molecule has 10 heteroatoms. The highest BCUT2D eigenvalue weighted by Crippen LogP contribution is 2.42. The average molecular weight is 508 g/mol. The minimum atomic E-state index is -4.04. The molecule has 0 saturated carbocycles. The summed E-state index contributed by atoms with van der Waals surface area (Å²) in [7, 11) is -7.66. The molecule has 0 aliphatic heterocycles. The van der Waals surface area contributed by atoms with Crippen LogP contribution in [0.1, 0.15) is 0 Å². The van der Waals surface area contributed by atoms with Gasteiger partial charge in [0, 0.05) is 22.4 Å². The van der Waals surface area contributed by atoms with Crippen LogP contribution >= 0.6 is 22.9 Å². The maximum absolute atomic E-state index is 13.5. The van der Waals surface area contributed by atoms with Crippen molar-refractivity contribution >= 4 is 42.6 Å². The first-order valence-electron chi connectivity index (χ1n) is 9.14. The molecule has 32 heavy (non-hydrogen) atoms. The number of benzene rings is 3. The van der Waals surface area contributed by atoms with Crippen molar-refractivity contribution in [3.05, 3.63) is 83.6 Å². The largest absolute Gasteiger partial charge is 0.233 e. The molecule has 1 aromatic heterocycles. The predicted octanol–water partition coefficient (Wildman–Crippen LogP) is 5.51. The summed E-state index contributed by atoms with van der Waals surface area (Å²) >= 11 is 6.82. The number of hydrogen-bond acceptors (Lipinski definition) is 6. The lowest BCUT2D eigenvalue weighted by Crippen LogP contribution is -2.01. The number of thiazole rings is 1. The summed E-state index contributed by atoms with van der Waals surface area (Å²) in [5, 5.41) is 0.254. The fourth-order valence-corrected chi connectivity index (χ4v) is 7.12. The van der Waals surface area contributed by atoms with E-state index >= 15 is 0 Å². The van der Waals surface area contributed by atoms with Gasteiger partial charge in [-0.15, -0.1) is 11.3 Å². The number of halogens is 2. The minimum absolute atomic E-state index is 0.0349. The Morgan fingerprint density at radius 3 is 2.25 bits per heavy atom. The Balaban J connectivity index is 2.01. The fourth-order valence-electron chi connectivity index (χ4n) is 3.11. The molecule has 0 aliphatic rings. The lowest BCUT2D eigenvalue weighted by atomic mass is 10.1. The maximum Gasteiger partial charge on any atom is 0.233 e. The van der Waals surface area contributed by atoms with Gasteiger partial charge in [0.1, 0.15) is 5.82 Å². The Morgan fingerprint density at radius 1 is 0.906 bits per heavy atom. The van der Waals surface area contributed by atoms with E-state index in [1.807, 2.05) is 0 Å². The zero-order valence-electron chi connectivity index (χ0n) is 16.5. The van der Waals surface area contributed by atoms with Gasteiger partial charge in [0.05, 0.1) is 20.4 Å². The summed E-state index contributed by atoms with van der Waals surface area (Å²) in [6, 6.07) is 17.5. The van der Waals surface area contributed by atoms with Crippen molar-refractivity contribution in [2.45, 2.75) is 14.1 Å². The van der Waals surface area contributed by atoms with Crippen molar-refractivity contribution in [2.24, 2.45) is 0 Å². The predicted molar refractivity (Wildman–Crippen MR) is 123 cm³/mol. The lowest BCUT2D eigenvalue weighted by molar-refractivity contribution is 0.595. The normalized spacial score (nSPS) is 12.1. The fraction of sp³-hybridized carbons (Fsp3) is 0.0455. The molecule has 0 atom stereocenters. The Hall–Kier alpha value is -2.59. The number of sulfone groups is 2. The maximum atomic E-state index is 13.5. The van der Waals surface area contributed by atoms with Crippen LogP contribution in [0.3, 0.4) is 0 Å². The van der Waals surface area contributed by atoms with Crippen LogP contribution in [0.15, 0.2) is 86.9 Å². The van der Waals surface area contributed by atoms with E-state index in [0.717, 1.165) is 17.6 Å². The summed E-state index contributed by atoms with van der Waals surface area (Å²) in [6.45, 7) is 0. The monoisotopic (exact) mass is 507 g/mol. The third-order valence-corrected chi connectivity index (χ3v) is 9.20. The van der Waals surface area contributed by atoms with Crippen molar-refractivity contribution in [3.63, 3.8) is 0 Å². The molecule has 0 amide bonds. The van der Waals surface area contributed by atoms with Gasteiger partial charge >= 0.3 is 0 Å². The molecule has 4 rings (SSSR count). The Morgan fingerprint density at radius 2 is 1.59 bits per heavy atom. The van der Waals surface area contributed by atoms with Gasteiger partial charge < -0.3 is 0 Å². The SMILES string of the molecule is CS(=O)(=O)c1ccccc1-c1sc(S(=O)(=O)c2cccc(Cl)c2)nc1-c1ccc(F)cc1. The van der Waals surface area contributed by atoms with Crippen molar-refractivity contribution < 1.29 is 21.2 Å². The number of nitrogens with zero attached hydrogens (tertiary/aromatic N) is 1. The average Bonchev–Trinajstić information content (AvgIpc) is 3.20. The van der Waals surface area contributed by atoms with Crippen LogP contribution in [0.25, 0.3) is 21.7 Å². The smallest absolute Gasteiger partial charge is 0.224 e. The molecule has 0 spiro atoms. The van der Waals surface area contributed by atoms with E-state index in [9.17, 15) is 21.2 Å². The molecule has 0 unspecified atom stereocenters. The van der Waals surface area contributed by atoms with Gasteiger partial charge in [0.25, 0.3) is 0 Å². The van der Waals surface area contributed by atoms with Crippen LogP contribution in [-0.4, -0.2) is 28.1 Å². The molecule has 164 valence electrons. The van der Waals surface area contributed by atoms with E-state index in [-0.39, 0.29) is 24.8 Å². The van der Waals surface area contributed by atoms with Gasteiger partial charge in [-0.25, -0.2) is 26.2 Å². The molecule has 0 N–H and O–H groups in total. The lowest BCUT2D eigenvalue weighted by Gasteiger charge is -2.08. The van der Waals surface area contributed by atoms with Crippen LogP contribution < -0.4 is 0 Å². The highest BCUT2D eigenvalue weighted by molar-refractivity contribution is 7.93.